The summed E-state index contributed by atoms with van der Waals surface area (Å²) in [6.45, 7) is 5.92. The number of aryl methyl sites for hydroxylation is 1. The van der Waals surface area contributed by atoms with E-state index in [0.717, 1.165) is 5.56 Å². The molecule has 0 aliphatic carbocycles. The first-order valence-electron chi connectivity index (χ1n) is 5.31. The first-order valence-corrected chi connectivity index (χ1v) is 5.31. The summed E-state index contributed by atoms with van der Waals surface area (Å²) in [5.74, 6) is -0.0865. The molecule has 0 N–H and O–H groups in total. The maximum atomic E-state index is 12.1. The van der Waals surface area contributed by atoms with Gasteiger partial charge in [-0.25, -0.2) is 0 Å². The topological polar surface area (TPSA) is 44.1 Å². The average Bonchev–Trinajstić information content (AvgIpc) is 2.25. The summed E-state index contributed by atoms with van der Waals surface area (Å²) in [4.78, 5) is 13.6. The Bertz CT molecular complexity index is 401. The molecule has 0 bridgehead atoms. The third-order valence-electron chi connectivity index (χ3n) is 2.42. The fourth-order valence-electron chi connectivity index (χ4n) is 1.43. The lowest BCUT2D eigenvalue weighted by molar-refractivity contribution is 0.0731. The number of carbonyl (C=O) groups is 1. The molecule has 0 saturated heterocycles. The summed E-state index contributed by atoms with van der Waals surface area (Å²) in [6.07, 6.45) is 0. The van der Waals surface area contributed by atoms with Gasteiger partial charge in [-0.1, -0.05) is 17.7 Å². The van der Waals surface area contributed by atoms with E-state index in [2.05, 4.69) is 0 Å². The lowest BCUT2D eigenvalue weighted by Crippen LogP contribution is -2.37. The first kappa shape index (κ1) is 12.3. The lowest BCUT2D eigenvalue weighted by Gasteiger charge is -2.23. The quantitative estimate of drug-likeness (QED) is 0.728. The maximum Gasteiger partial charge on any atom is 0.254 e. The van der Waals surface area contributed by atoms with Gasteiger partial charge in [-0.15, -0.1) is 0 Å². The Hall–Kier alpha value is -1.82. The number of rotatable bonds is 3. The highest BCUT2D eigenvalue weighted by Crippen LogP contribution is 2.09. The summed E-state index contributed by atoms with van der Waals surface area (Å²) in [7, 11) is 0. The highest BCUT2D eigenvalue weighted by atomic mass is 16.2. The minimum absolute atomic E-state index is 0.0356. The average molecular weight is 216 g/mol. The van der Waals surface area contributed by atoms with E-state index in [1.165, 1.54) is 0 Å². The molecule has 84 valence electrons. The number of carbonyl (C=O) groups excluding carboxylic acids is 1. The molecule has 0 aliphatic rings. The van der Waals surface area contributed by atoms with Crippen molar-refractivity contribution in [1.29, 1.82) is 5.26 Å². The zero-order chi connectivity index (χ0) is 12.1. The minimum Gasteiger partial charge on any atom is -0.323 e. The standard InChI is InChI=1S/C13H16N2O/c1-10(2)15(9-8-14)13(16)12-6-4-11(3)5-7-12/h4-7,10H,9H2,1-3H3. The van der Waals surface area contributed by atoms with Gasteiger partial charge in [0.05, 0.1) is 6.07 Å². The van der Waals surface area contributed by atoms with E-state index in [0.29, 0.717) is 5.56 Å². The third kappa shape index (κ3) is 2.83. The van der Waals surface area contributed by atoms with Crippen molar-refractivity contribution in [2.45, 2.75) is 26.8 Å². The van der Waals surface area contributed by atoms with Crippen molar-refractivity contribution in [3.8, 4) is 6.07 Å². The SMILES string of the molecule is Cc1ccc(C(=O)N(CC#N)C(C)C)cc1. The number of hydrogen-bond acceptors (Lipinski definition) is 2. The Morgan fingerprint density at radius 3 is 2.38 bits per heavy atom. The van der Waals surface area contributed by atoms with Crippen LogP contribution in [0.25, 0.3) is 0 Å². The second-order valence-electron chi connectivity index (χ2n) is 4.05. The van der Waals surface area contributed by atoms with Crippen molar-refractivity contribution in [3.63, 3.8) is 0 Å². The summed E-state index contributed by atoms with van der Waals surface area (Å²) in [5, 5.41) is 8.68. The highest BCUT2D eigenvalue weighted by Gasteiger charge is 2.17. The Labute approximate surface area is 96.3 Å². The van der Waals surface area contributed by atoms with Crippen LogP contribution in [0, 0.1) is 18.3 Å². The van der Waals surface area contributed by atoms with Crippen LogP contribution < -0.4 is 0 Å². The summed E-state index contributed by atoms with van der Waals surface area (Å²) in [6, 6.07) is 9.45. The molecular weight excluding hydrogens is 200 g/mol. The van der Waals surface area contributed by atoms with Gasteiger partial charge in [0.25, 0.3) is 5.91 Å². The van der Waals surface area contributed by atoms with E-state index in [-0.39, 0.29) is 18.5 Å². The van der Waals surface area contributed by atoms with Crippen LogP contribution in [0.4, 0.5) is 0 Å². The summed E-state index contributed by atoms with van der Waals surface area (Å²) < 4.78 is 0. The summed E-state index contributed by atoms with van der Waals surface area (Å²) >= 11 is 0. The monoisotopic (exact) mass is 216 g/mol. The zero-order valence-electron chi connectivity index (χ0n) is 9.90. The molecule has 1 aromatic carbocycles. The second kappa shape index (κ2) is 5.32. The van der Waals surface area contributed by atoms with Crippen molar-refractivity contribution >= 4 is 5.91 Å². The van der Waals surface area contributed by atoms with Gasteiger partial charge in [0.2, 0.25) is 0 Å². The predicted octanol–water partition coefficient (Wildman–Crippen LogP) is 2.37. The molecule has 0 heterocycles. The van der Waals surface area contributed by atoms with E-state index < -0.39 is 0 Å². The van der Waals surface area contributed by atoms with Crippen LogP contribution >= 0.6 is 0 Å². The normalized spacial score (nSPS) is 9.94. The van der Waals surface area contributed by atoms with Crippen molar-refractivity contribution in [2.75, 3.05) is 6.54 Å². The van der Waals surface area contributed by atoms with Crippen molar-refractivity contribution in [3.05, 3.63) is 35.4 Å². The summed E-state index contributed by atoms with van der Waals surface area (Å²) in [5.41, 5.74) is 1.75. The smallest absolute Gasteiger partial charge is 0.254 e. The van der Waals surface area contributed by atoms with Gasteiger partial charge in [0.1, 0.15) is 6.54 Å². The van der Waals surface area contributed by atoms with Crippen molar-refractivity contribution in [2.24, 2.45) is 0 Å². The fraction of sp³-hybridized carbons (Fsp3) is 0.385. The molecule has 0 aliphatic heterocycles. The van der Waals surface area contributed by atoms with Crippen molar-refractivity contribution < 1.29 is 4.79 Å². The van der Waals surface area contributed by atoms with Crippen LogP contribution in [0.3, 0.4) is 0 Å². The number of benzene rings is 1. The lowest BCUT2D eigenvalue weighted by atomic mass is 10.1. The molecule has 3 nitrogen and oxygen atoms in total. The largest absolute Gasteiger partial charge is 0.323 e. The van der Waals surface area contributed by atoms with Gasteiger partial charge >= 0.3 is 0 Å². The van der Waals surface area contributed by atoms with Gasteiger partial charge in [-0.05, 0) is 32.9 Å². The molecule has 0 unspecified atom stereocenters. The maximum absolute atomic E-state index is 12.1. The molecule has 0 aromatic heterocycles. The molecule has 3 heteroatoms. The first-order chi connectivity index (χ1) is 7.56. The van der Waals surface area contributed by atoms with E-state index in [1.54, 1.807) is 17.0 Å². The van der Waals surface area contributed by atoms with Gasteiger partial charge in [0.15, 0.2) is 0 Å². The van der Waals surface area contributed by atoms with Crippen LogP contribution in [0.5, 0.6) is 0 Å². The number of nitrogens with zero attached hydrogens (tertiary/aromatic N) is 2. The molecule has 0 saturated carbocycles. The predicted molar refractivity (Wildman–Crippen MR) is 63.0 cm³/mol. The van der Waals surface area contributed by atoms with Gasteiger partial charge in [-0.3, -0.25) is 4.79 Å². The second-order valence-corrected chi connectivity index (χ2v) is 4.05. The van der Waals surface area contributed by atoms with Crippen LogP contribution in [0.2, 0.25) is 0 Å². The highest BCUT2D eigenvalue weighted by molar-refractivity contribution is 5.94. The molecule has 0 spiro atoms. The minimum atomic E-state index is -0.0865. The van der Waals surface area contributed by atoms with Gasteiger partial charge < -0.3 is 4.90 Å². The fourth-order valence-corrected chi connectivity index (χ4v) is 1.43. The van der Waals surface area contributed by atoms with Crippen LogP contribution in [-0.2, 0) is 0 Å². The number of hydrogen-bond donors (Lipinski definition) is 0. The number of amides is 1. The Kier molecular flexibility index (Phi) is 4.07. The molecule has 0 fully saturated rings. The van der Waals surface area contributed by atoms with E-state index in [4.69, 9.17) is 5.26 Å². The molecule has 16 heavy (non-hydrogen) atoms. The van der Waals surface area contributed by atoms with Crippen LogP contribution in [0.1, 0.15) is 29.8 Å². The Morgan fingerprint density at radius 2 is 1.94 bits per heavy atom. The molecule has 0 radical (unpaired) electrons. The Morgan fingerprint density at radius 1 is 1.38 bits per heavy atom. The molecule has 0 atom stereocenters. The van der Waals surface area contributed by atoms with E-state index in [9.17, 15) is 4.79 Å². The third-order valence-corrected chi connectivity index (χ3v) is 2.42. The van der Waals surface area contributed by atoms with Gasteiger partial charge in [-0.2, -0.15) is 5.26 Å². The van der Waals surface area contributed by atoms with E-state index in [1.807, 2.05) is 39.0 Å². The zero-order valence-corrected chi connectivity index (χ0v) is 9.90. The Balaban J connectivity index is 2.91. The molecular formula is C13H16N2O. The molecule has 1 rings (SSSR count). The molecule has 1 aromatic rings. The van der Waals surface area contributed by atoms with Crippen LogP contribution in [0.15, 0.2) is 24.3 Å². The van der Waals surface area contributed by atoms with Crippen LogP contribution in [-0.4, -0.2) is 23.4 Å². The van der Waals surface area contributed by atoms with E-state index >= 15 is 0 Å². The van der Waals surface area contributed by atoms with Crippen molar-refractivity contribution in [1.82, 2.24) is 4.90 Å². The number of nitriles is 1. The molecule has 1 amide bonds. The van der Waals surface area contributed by atoms with Gasteiger partial charge in [0, 0.05) is 11.6 Å².